The van der Waals surface area contributed by atoms with E-state index in [1.165, 1.54) is 23.6 Å². The van der Waals surface area contributed by atoms with Gasteiger partial charge in [-0.15, -0.1) is 0 Å². The molecule has 3 aromatic rings. The molecule has 1 aliphatic heterocycles. The van der Waals surface area contributed by atoms with E-state index >= 15 is 0 Å². The van der Waals surface area contributed by atoms with Gasteiger partial charge in [0, 0.05) is 43.3 Å². The molecule has 3 atom stereocenters. The van der Waals surface area contributed by atoms with Gasteiger partial charge in [0.1, 0.15) is 0 Å². The first-order valence-electron chi connectivity index (χ1n) is 14.6. The topological polar surface area (TPSA) is 104 Å². The number of hydrogen-bond acceptors (Lipinski definition) is 5. The van der Waals surface area contributed by atoms with Crippen molar-refractivity contribution in [2.75, 3.05) is 17.9 Å². The minimum Gasteiger partial charge on any atom is -0.390 e. The van der Waals surface area contributed by atoms with E-state index in [4.69, 9.17) is 0 Å². The average Bonchev–Trinajstić information content (AvgIpc) is 3.29. The molecular formula is C31H42N4O4S. The zero-order chi connectivity index (χ0) is 28.4. The second-order valence-electron chi connectivity index (χ2n) is 11.5. The van der Waals surface area contributed by atoms with Crippen molar-refractivity contribution in [1.82, 2.24) is 15.2 Å². The van der Waals surface area contributed by atoms with Crippen molar-refractivity contribution in [3.05, 3.63) is 65.4 Å². The van der Waals surface area contributed by atoms with E-state index in [2.05, 4.69) is 17.6 Å². The standard InChI is InChI=1S/C31H42N4O4S/c1-4-23-20-35-19-21(2)40(38,39)34(3)28-17-24(16-26(23)30(28)35)31(37)33-27(15-22-11-7-5-8-12-22)29(36)18-32-25-13-9-6-10-14-25/h5,7-8,11-12,16-17,20-21,25,27,29,32,36H,4,6,9-10,13-15,18-19H2,1-3H3,(H,33,37)/t21?,27-,29+/m0/s1. The summed E-state index contributed by atoms with van der Waals surface area (Å²) in [6.45, 7) is 4.54. The van der Waals surface area contributed by atoms with Crippen molar-refractivity contribution in [3.63, 3.8) is 0 Å². The molecular weight excluding hydrogens is 524 g/mol. The summed E-state index contributed by atoms with van der Waals surface area (Å²) in [6, 6.07) is 13.3. The van der Waals surface area contributed by atoms with E-state index in [-0.39, 0.29) is 5.91 Å². The number of aromatic nitrogens is 1. The SMILES string of the molecule is CCc1cn2c3c(cc(C(=O)N[C@@H](Cc4ccccc4)[C@H](O)CNC4CCCCC4)cc13)N(C)S(=O)(=O)C(C)C2. The van der Waals surface area contributed by atoms with Gasteiger partial charge in [-0.05, 0) is 55.9 Å². The van der Waals surface area contributed by atoms with Gasteiger partial charge in [0.15, 0.2) is 0 Å². The van der Waals surface area contributed by atoms with Crippen molar-refractivity contribution in [2.45, 2.75) is 88.8 Å². The van der Waals surface area contributed by atoms with Crippen LogP contribution in [0.5, 0.6) is 0 Å². The number of rotatable bonds is 9. The van der Waals surface area contributed by atoms with Crippen LogP contribution >= 0.6 is 0 Å². The predicted octanol–water partition coefficient (Wildman–Crippen LogP) is 4.00. The molecule has 8 nitrogen and oxygen atoms in total. The molecule has 1 amide bonds. The van der Waals surface area contributed by atoms with Gasteiger partial charge in [0.2, 0.25) is 10.0 Å². The van der Waals surface area contributed by atoms with Gasteiger partial charge in [-0.25, -0.2) is 8.42 Å². The Morgan fingerprint density at radius 1 is 1.12 bits per heavy atom. The lowest BCUT2D eigenvalue weighted by molar-refractivity contribution is 0.0821. The number of sulfonamides is 1. The summed E-state index contributed by atoms with van der Waals surface area (Å²) >= 11 is 0. The van der Waals surface area contributed by atoms with Gasteiger partial charge in [-0.3, -0.25) is 9.10 Å². The van der Waals surface area contributed by atoms with Crippen LogP contribution < -0.4 is 14.9 Å². The summed E-state index contributed by atoms with van der Waals surface area (Å²) < 4.78 is 29.8. The molecule has 40 heavy (non-hydrogen) atoms. The zero-order valence-corrected chi connectivity index (χ0v) is 24.6. The maximum absolute atomic E-state index is 13.8. The molecule has 0 saturated heterocycles. The van der Waals surface area contributed by atoms with Crippen LogP contribution in [0.25, 0.3) is 10.9 Å². The van der Waals surface area contributed by atoms with Crippen molar-refractivity contribution in [2.24, 2.45) is 0 Å². The number of amides is 1. The third-order valence-electron chi connectivity index (χ3n) is 8.66. The Morgan fingerprint density at radius 2 is 1.85 bits per heavy atom. The van der Waals surface area contributed by atoms with Gasteiger partial charge in [0.25, 0.3) is 5.91 Å². The summed E-state index contributed by atoms with van der Waals surface area (Å²) in [6.07, 6.45) is 8.36. The number of hydrogen-bond donors (Lipinski definition) is 3. The molecule has 0 radical (unpaired) electrons. The van der Waals surface area contributed by atoms with Gasteiger partial charge in [-0.1, -0.05) is 56.5 Å². The van der Waals surface area contributed by atoms with Crippen LogP contribution in [0.3, 0.4) is 0 Å². The fourth-order valence-corrected chi connectivity index (χ4v) is 7.50. The molecule has 2 aliphatic rings. The summed E-state index contributed by atoms with van der Waals surface area (Å²) in [4.78, 5) is 13.8. The van der Waals surface area contributed by atoms with Gasteiger partial charge < -0.3 is 20.3 Å². The Bertz CT molecular complexity index is 1450. The number of nitrogens with one attached hydrogen (secondary N) is 2. The number of aryl methyl sites for hydroxylation is 1. The van der Waals surface area contributed by atoms with Crippen LogP contribution in [-0.4, -0.2) is 61.0 Å². The number of anilines is 1. The Hall–Kier alpha value is -2.88. The number of aliphatic hydroxyl groups is 1. The molecule has 1 saturated carbocycles. The first-order valence-corrected chi connectivity index (χ1v) is 16.1. The molecule has 2 aromatic carbocycles. The van der Waals surface area contributed by atoms with E-state index in [9.17, 15) is 18.3 Å². The first kappa shape index (κ1) is 28.6. The zero-order valence-electron chi connectivity index (χ0n) is 23.8. The van der Waals surface area contributed by atoms with E-state index < -0.39 is 27.4 Å². The lowest BCUT2D eigenvalue weighted by Crippen LogP contribution is -2.50. The normalized spacial score (nSPS) is 20.7. The molecule has 9 heteroatoms. The minimum atomic E-state index is -3.59. The highest BCUT2D eigenvalue weighted by molar-refractivity contribution is 7.93. The molecule has 0 spiro atoms. The van der Waals surface area contributed by atoms with Crippen LogP contribution in [0.15, 0.2) is 48.7 Å². The van der Waals surface area contributed by atoms with E-state index in [0.717, 1.165) is 41.3 Å². The number of carbonyl (C=O) groups excluding carboxylic acids is 1. The molecule has 1 fully saturated rings. The Kier molecular flexibility index (Phi) is 8.54. The van der Waals surface area contributed by atoms with Crippen molar-refractivity contribution in [1.29, 1.82) is 0 Å². The minimum absolute atomic E-state index is 0.325. The van der Waals surface area contributed by atoms with E-state index in [1.54, 1.807) is 20.0 Å². The highest BCUT2D eigenvalue weighted by Gasteiger charge is 2.34. The lowest BCUT2D eigenvalue weighted by Gasteiger charge is -2.28. The van der Waals surface area contributed by atoms with Crippen LogP contribution in [0, 0.1) is 0 Å². The summed E-state index contributed by atoms with van der Waals surface area (Å²) in [5, 5.41) is 18.2. The molecule has 216 valence electrons. The molecule has 0 bridgehead atoms. The number of nitrogens with zero attached hydrogens (tertiary/aromatic N) is 2. The maximum Gasteiger partial charge on any atom is 0.251 e. The molecule has 1 aromatic heterocycles. The summed E-state index contributed by atoms with van der Waals surface area (Å²) in [5.74, 6) is -0.325. The Balaban J connectivity index is 1.45. The molecule has 1 aliphatic carbocycles. The van der Waals surface area contributed by atoms with Crippen LogP contribution in [-0.2, 0) is 29.4 Å². The predicted molar refractivity (Wildman–Crippen MR) is 160 cm³/mol. The third kappa shape index (κ3) is 5.78. The quantitative estimate of drug-likeness (QED) is 0.363. The molecule has 5 rings (SSSR count). The van der Waals surface area contributed by atoms with Crippen molar-refractivity contribution in [3.8, 4) is 0 Å². The molecule has 2 heterocycles. The van der Waals surface area contributed by atoms with Crippen molar-refractivity contribution < 1.29 is 18.3 Å². The number of benzene rings is 2. The van der Waals surface area contributed by atoms with E-state index in [1.807, 2.05) is 47.2 Å². The average molecular weight is 567 g/mol. The van der Waals surface area contributed by atoms with Gasteiger partial charge in [-0.2, -0.15) is 0 Å². The second kappa shape index (κ2) is 11.9. The largest absolute Gasteiger partial charge is 0.390 e. The second-order valence-corrected chi connectivity index (χ2v) is 13.8. The molecule has 3 N–H and O–H groups in total. The Labute approximate surface area is 237 Å². The Morgan fingerprint density at radius 3 is 2.55 bits per heavy atom. The van der Waals surface area contributed by atoms with Crippen LogP contribution in [0.2, 0.25) is 0 Å². The maximum atomic E-state index is 13.8. The number of aliphatic hydroxyl groups excluding tert-OH is 1. The summed E-state index contributed by atoms with van der Waals surface area (Å²) in [7, 11) is -2.02. The highest BCUT2D eigenvalue weighted by Crippen LogP contribution is 2.37. The van der Waals surface area contributed by atoms with Crippen molar-refractivity contribution >= 4 is 32.5 Å². The fraction of sp³-hybridized carbons (Fsp3) is 0.516. The smallest absolute Gasteiger partial charge is 0.251 e. The summed E-state index contributed by atoms with van der Waals surface area (Å²) in [5.41, 5.74) is 3.82. The first-order chi connectivity index (χ1) is 19.2. The number of carbonyl (C=O) groups is 1. The van der Waals surface area contributed by atoms with E-state index in [0.29, 0.717) is 36.8 Å². The lowest BCUT2D eigenvalue weighted by atomic mass is 9.94. The van der Waals surface area contributed by atoms with Crippen LogP contribution in [0.1, 0.15) is 67.4 Å². The van der Waals surface area contributed by atoms with Gasteiger partial charge >= 0.3 is 0 Å². The monoisotopic (exact) mass is 566 g/mol. The molecule has 1 unspecified atom stereocenters. The highest BCUT2D eigenvalue weighted by atomic mass is 32.2. The van der Waals surface area contributed by atoms with Crippen LogP contribution in [0.4, 0.5) is 5.69 Å². The fourth-order valence-electron chi connectivity index (χ4n) is 6.20. The third-order valence-corrected chi connectivity index (χ3v) is 10.8. The van der Waals surface area contributed by atoms with Gasteiger partial charge in [0.05, 0.1) is 28.6 Å².